The van der Waals surface area contributed by atoms with Crippen molar-refractivity contribution in [2.24, 2.45) is 0 Å². The summed E-state index contributed by atoms with van der Waals surface area (Å²) in [5.41, 5.74) is 2.23. The van der Waals surface area contributed by atoms with Crippen molar-refractivity contribution in [3.8, 4) is 16.9 Å². The smallest absolute Gasteiger partial charge is 0.137 e. The van der Waals surface area contributed by atoms with E-state index in [1.165, 1.54) is 0 Å². The highest BCUT2D eigenvalue weighted by Crippen LogP contribution is 2.30. The molecule has 1 nitrogen and oxygen atoms in total. The average molecular weight is 281 g/mol. The van der Waals surface area contributed by atoms with Crippen molar-refractivity contribution in [1.29, 1.82) is 0 Å². The number of halogens is 2. The van der Waals surface area contributed by atoms with Crippen LogP contribution in [0.3, 0.4) is 0 Å². The topological polar surface area (TPSA) is 9.23 Å². The zero-order valence-corrected chi connectivity index (χ0v) is 11.4. The van der Waals surface area contributed by atoms with E-state index in [1.54, 1.807) is 0 Å². The largest absolute Gasteiger partial charge is 0.492 e. The predicted molar refractivity (Wildman–Crippen MR) is 77.7 cm³/mol. The molecule has 0 bridgehead atoms. The summed E-state index contributed by atoms with van der Waals surface area (Å²) in [7, 11) is 0. The maximum absolute atomic E-state index is 6.20. The molecule has 0 atom stereocenters. The zero-order valence-electron chi connectivity index (χ0n) is 9.90. The molecule has 3 heteroatoms. The summed E-state index contributed by atoms with van der Waals surface area (Å²) in [6.45, 7) is 0.591. The molecule has 2 aromatic rings. The molecule has 2 aromatic carbocycles. The van der Waals surface area contributed by atoms with E-state index in [4.69, 9.17) is 27.9 Å². The number of hydrogen-bond donors (Lipinski definition) is 0. The molecule has 0 aromatic heterocycles. The normalized spacial score (nSPS) is 10.3. The van der Waals surface area contributed by atoms with Crippen molar-refractivity contribution in [1.82, 2.24) is 0 Å². The van der Waals surface area contributed by atoms with Crippen molar-refractivity contribution in [3.63, 3.8) is 0 Å². The van der Waals surface area contributed by atoms with Crippen LogP contribution in [0.1, 0.15) is 6.42 Å². The van der Waals surface area contributed by atoms with E-state index >= 15 is 0 Å². The Labute approximate surface area is 117 Å². The van der Waals surface area contributed by atoms with E-state index in [0.717, 1.165) is 17.5 Å². The summed E-state index contributed by atoms with van der Waals surface area (Å²) < 4.78 is 5.55. The average Bonchev–Trinajstić information content (AvgIpc) is 2.42. The van der Waals surface area contributed by atoms with Gasteiger partial charge in [-0.3, -0.25) is 0 Å². The van der Waals surface area contributed by atoms with Gasteiger partial charge in [-0.25, -0.2) is 0 Å². The third kappa shape index (κ3) is 3.41. The third-order valence-electron chi connectivity index (χ3n) is 2.57. The lowest BCUT2D eigenvalue weighted by Gasteiger charge is -2.09. The minimum Gasteiger partial charge on any atom is -0.492 e. The summed E-state index contributed by atoms with van der Waals surface area (Å²) in [6.07, 6.45) is 0.818. The number of benzene rings is 2. The second kappa shape index (κ2) is 6.67. The van der Waals surface area contributed by atoms with Gasteiger partial charge in [-0.05, 0) is 29.7 Å². The molecule has 0 radical (unpaired) electrons. The van der Waals surface area contributed by atoms with Crippen LogP contribution in [-0.2, 0) is 0 Å². The monoisotopic (exact) mass is 280 g/mol. The van der Waals surface area contributed by atoms with Crippen LogP contribution in [0.15, 0.2) is 48.5 Å². The van der Waals surface area contributed by atoms with Gasteiger partial charge < -0.3 is 4.74 Å². The molecule has 0 fully saturated rings. The van der Waals surface area contributed by atoms with Crippen molar-refractivity contribution in [2.45, 2.75) is 6.42 Å². The Morgan fingerprint density at radius 1 is 0.944 bits per heavy atom. The second-order valence-electron chi connectivity index (χ2n) is 3.90. The maximum atomic E-state index is 6.20. The van der Waals surface area contributed by atoms with Crippen LogP contribution in [0.25, 0.3) is 11.1 Å². The molecule has 0 aliphatic rings. The minimum absolute atomic E-state index is 0.591. The molecular formula is C15H14Cl2O. The minimum atomic E-state index is 0.591. The van der Waals surface area contributed by atoms with Gasteiger partial charge in [0.25, 0.3) is 0 Å². The molecule has 0 unspecified atom stereocenters. The number of ether oxygens (including phenoxy) is 1. The van der Waals surface area contributed by atoms with Crippen LogP contribution in [0.5, 0.6) is 5.75 Å². The van der Waals surface area contributed by atoms with Gasteiger partial charge in [-0.1, -0.05) is 48.0 Å². The highest BCUT2D eigenvalue weighted by Gasteiger charge is 2.04. The third-order valence-corrected chi connectivity index (χ3v) is 3.14. The summed E-state index contributed by atoms with van der Waals surface area (Å²) in [6, 6.07) is 16.0. The van der Waals surface area contributed by atoms with Crippen molar-refractivity contribution in [3.05, 3.63) is 53.6 Å². The molecule has 94 valence electrons. The lowest BCUT2D eigenvalue weighted by atomic mass is 10.1. The number of rotatable bonds is 5. The van der Waals surface area contributed by atoms with Gasteiger partial charge >= 0.3 is 0 Å². The highest BCUT2D eigenvalue weighted by molar-refractivity contribution is 6.32. The fourth-order valence-electron chi connectivity index (χ4n) is 1.66. The Morgan fingerprint density at radius 3 is 2.39 bits per heavy atom. The fourth-order valence-corrected chi connectivity index (χ4v) is 2.01. The van der Waals surface area contributed by atoms with Crippen LogP contribution in [0.4, 0.5) is 0 Å². The van der Waals surface area contributed by atoms with Gasteiger partial charge in [-0.15, -0.1) is 11.6 Å². The highest BCUT2D eigenvalue weighted by atomic mass is 35.5. The summed E-state index contributed by atoms with van der Waals surface area (Å²) in [5, 5.41) is 0.630. The van der Waals surface area contributed by atoms with E-state index in [1.807, 2.05) is 36.4 Å². The molecule has 0 N–H and O–H groups in total. The molecule has 0 spiro atoms. The van der Waals surface area contributed by atoms with Gasteiger partial charge in [0.2, 0.25) is 0 Å². The molecule has 0 saturated heterocycles. The summed E-state index contributed by atoms with van der Waals surface area (Å²) >= 11 is 11.8. The molecular weight excluding hydrogens is 267 g/mol. The first-order valence-electron chi connectivity index (χ1n) is 5.85. The first-order chi connectivity index (χ1) is 8.81. The molecule has 0 aliphatic heterocycles. The second-order valence-corrected chi connectivity index (χ2v) is 4.69. The van der Waals surface area contributed by atoms with Gasteiger partial charge in [0.1, 0.15) is 5.75 Å². The quantitative estimate of drug-likeness (QED) is 0.552. The van der Waals surface area contributed by atoms with E-state index in [9.17, 15) is 0 Å². The van der Waals surface area contributed by atoms with Crippen LogP contribution in [-0.4, -0.2) is 12.5 Å². The van der Waals surface area contributed by atoms with E-state index in [0.29, 0.717) is 23.3 Å². The Hall–Kier alpha value is -1.18. The zero-order chi connectivity index (χ0) is 12.8. The van der Waals surface area contributed by atoms with E-state index < -0.39 is 0 Å². The van der Waals surface area contributed by atoms with Crippen molar-refractivity contribution >= 4 is 23.2 Å². The van der Waals surface area contributed by atoms with Crippen LogP contribution < -0.4 is 4.74 Å². The van der Waals surface area contributed by atoms with Crippen LogP contribution in [0, 0.1) is 0 Å². The first-order valence-corrected chi connectivity index (χ1v) is 6.76. The lowest BCUT2D eigenvalue weighted by molar-refractivity contribution is 0.318. The summed E-state index contributed by atoms with van der Waals surface area (Å²) in [4.78, 5) is 0. The molecule has 0 amide bonds. The standard InChI is InChI=1S/C15H14Cl2O/c16-9-4-10-18-15-8-7-13(11-14(15)17)12-5-2-1-3-6-12/h1-3,5-8,11H,4,9-10H2. The Bertz CT molecular complexity index is 497. The number of hydrogen-bond acceptors (Lipinski definition) is 1. The van der Waals surface area contributed by atoms with Gasteiger partial charge in [-0.2, -0.15) is 0 Å². The Balaban J connectivity index is 2.15. The molecule has 0 saturated carbocycles. The molecule has 0 aliphatic carbocycles. The summed E-state index contributed by atoms with van der Waals surface area (Å²) in [5.74, 6) is 1.31. The van der Waals surface area contributed by atoms with Crippen LogP contribution in [0.2, 0.25) is 5.02 Å². The lowest BCUT2D eigenvalue weighted by Crippen LogP contribution is -1.98. The maximum Gasteiger partial charge on any atom is 0.137 e. The van der Waals surface area contributed by atoms with Crippen LogP contribution >= 0.6 is 23.2 Å². The first kappa shape index (κ1) is 13.3. The Morgan fingerprint density at radius 2 is 1.72 bits per heavy atom. The Kier molecular flexibility index (Phi) is 4.91. The van der Waals surface area contributed by atoms with Gasteiger partial charge in [0.05, 0.1) is 11.6 Å². The van der Waals surface area contributed by atoms with E-state index in [2.05, 4.69) is 12.1 Å². The van der Waals surface area contributed by atoms with Crippen molar-refractivity contribution in [2.75, 3.05) is 12.5 Å². The fraction of sp³-hybridized carbons (Fsp3) is 0.200. The van der Waals surface area contributed by atoms with Gasteiger partial charge in [0, 0.05) is 5.88 Å². The predicted octanol–water partition coefficient (Wildman–Crippen LogP) is 5.01. The van der Waals surface area contributed by atoms with E-state index in [-0.39, 0.29) is 0 Å². The SMILES string of the molecule is ClCCCOc1ccc(-c2ccccc2)cc1Cl. The van der Waals surface area contributed by atoms with Gasteiger partial charge in [0.15, 0.2) is 0 Å². The molecule has 18 heavy (non-hydrogen) atoms. The van der Waals surface area contributed by atoms with Crippen molar-refractivity contribution < 1.29 is 4.74 Å². The number of alkyl halides is 1. The molecule has 2 rings (SSSR count). The molecule has 0 heterocycles.